The van der Waals surface area contributed by atoms with E-state index in [1.807, 2.05) is 0 Å². The van der Waals surface area contributed by atoms with Gasteiger partial charge >= 0.3 is 0 Å². The van der Waals surface area contributed by atoms with Crippen molar-refractivity contribution in [3.63, 3.8) is 0 Å². The lowest BCUT2D eigenvalue weighted by atomic mass is 10.3. The van der Waals surface area contributed by atoms with Gasteiger partial charge < -0.3 is 5.43 Å². The molecule has 0 saturated heterocycles. The number of pyridine rings is 1. The van der Waals surface area contributed by atoms with Gasteiger partial charge in [0.25, 0.3) is 10.0 Å². The van der Waals surface area contributed by atoms with Crippen LogP contribution < -0.4 is 16.0 Å². The van der Waals surface area contributed by atoms with Gasteiger partial charge in [0.05, 0.1) is 5.69 Å². The van der Waals surface area contributed by atoms with Gasteiger partial charge in [0.15, 0.2) is 0 Å². The normalized spacial score (nSPS) is 11.2. The van der Waals surface area contributed by atoms with E-state index in [2.05, 4.69) is 31.1 Å². The number of rotatable bonds is 4. The van der Waals surface area contributed by atoms with Gasteiger partial charge in [-0.1, -0.05) is 12.1 Å². The number of halogens is 1. The molecule has 0 aliphatic rings. The molecule has 6 nitrogen and oxygen atoms in total. The van der Waals surface area contributed by atoms with Crippen LogP contribution in [0.4, 0.5) is 11.5 Å². The third-order valence-corrected chi connectivity index (χ3v) is 4.44. The predicted molar refractivity (Wildman–Crippen MR) is 81.7 cm³/mol. The minimum Gasteiger partial charge on any atom is -0.323 e. The molecule has 0 aliphatic carbocycles. The van der Waals surface area contributed by atoms with Crippen LogP contribution >= 0.6 is 15.9 Å². The van der Waals surface area contributed by atoms with Crippen molar-refractivity contribution in [2.75, 3.05) is 10.1 Å². The fraction of sp³-hybridized carbons (Fsp3) is 0.0833. The fourth-order valence-corrected chi connectivity index (χ4v) is 3.35. The average Bonchev–Trinajstić information content (AvgIpc) is 2.42. The molecule has 1 aromatic carbocycles. The Bertz CT molecular complexity index is 734. The number of nitrogens with one attached hydrogen (secondary N) is 2. The molecule has 2 rings (SSSR count). The van der Waals surface area contributed by atoms with E-state index < -0.39 is 10.0 Å². The Balaban J connectivity index is 2.41. The Labute approximate surface area is 125 Å². The third-order valence-electron chi connectivity index (χ3n) is 2.61. The number of nitrogen functional groups attached to an aromatic ring is 1. The van der Waals surface area contributed by atoms with Crippen molar-refractivity contribution in [3.05, 3.63) is 46.6 Å². The highest BCUT2D eigenvalue weighted by Crippen LogP contribution is 2.24. The molecule has 8 heteroatoms. The van der Waals surface area contributed by atoms with E-state index in [0.29, 0.717) is 11.3 Å². The standard InChI is InChI=1S/C12H13BrN4O2S/c1-8-6-9(13)7-15-12(8)17-20(18,19)11-5-3-2-4-10(11)16-14/h2-7,16H,14H2,1H3,(H,15,17). The highest BCUT2D eigenvalue weighted by Gasteiger charge is 2.19. The quantitative estimate of drug-likeness (QED) is 0.576. The highest BCUT2D eigenvalue weighted by molar-refractivity contribution is 9.10. The summed E-state index contributed by atoms with van der Waals surface area (Å²) in [5, 5.41) is 0. The molecule has 0 saturated carbocycles. The lowest BCUT2D eigenvalue weighted by molar-refractivity contribution is 0.601. The van der Waals surface area contributed by atoms with Crippen LogP contribution in [-0.2, 0) is 10.0 Å². The predicted octanol–water partition coefficient (Wildman–Crippen LogP) is 2.24. The number of aromatic nitrogens is 1. The summed E-state index contributed by atoms with van der Waals surface area (Å²) < 4.78 is 27.9. The van der Waals surface area contributed by atoms with Crippen LogP contribution in [0.1, 0.15) is 5.56 Å². The molecule has 0 radical (unpaired) electrons. The lowest BCUT2D eigenvalue weighted by Gasteiger charge is -2.12. The second-order valence-electron chi connectivity index (χ2n) is 4.07. The number of nitrogens with zero attached hydrogens (tertiary/aromatic N) is 1. The van der Waals surface area contributed by atoms with Crippen molar-refractivity contribution in [1.29, 1.82) is 0 Å². The SMILES string of the molecule is Cc1cc(Br)cnc1NS(=O)(=O)c1ccccc1NN. The van der Waals surface area contributed by atoms with E-state index in [1.165, 1.54) is 12.3 Å². The number of hydrogen-bond acceptors (Lipinski definition) is 5. The summed E-state index contributed by atoms with van der Waals surface area (Å²) in [4.78, 5) is 4.12. The smallest absolute Gasteiger partial charge is 0.265 e. The number of nitrogens with two attached hydrogens (primary N) is 1. The van der Waals surface area contributed by atoms with E-state index in [4.69, 9.17) is 5.84 Å². The topological polar surface area (TPSA) is 97.1 Å². The number of hydrazine groups is 1. The molecule has 20 heavy (non-hydrogen) atoms. The van der Waals surface area contributed by atoms with Gasteiger partial charge in [0, 0.05) is 10.7 Å². The van der Waals surface area contributed by atoms with Crippen molar-refractivity contribution >= 4 is 37.5 Å². The minimum absolute atomic E-state index is 0.0617. The number of para-hydroxylation sites is 1. The van der Waals surface area contributed by atoms with Gasteiger partial charge in [-0.3, -0.25) is 10.6 Å². The highest BCUT2D eigenvalue weighted by atomic mass is 79.9. The Morgan fingerprint density at radius 1 is 1.30 bits per heavy atom. The minimum atomic E-state index is -3.76. The molecule has 0 fully saturated rings. The molecule has 0 spiro atoms. The van der Waals surface area contributed by atoms with Crippen molar-refractivity contribution in [2.45, 2.75) is 11.8 Å². The van der Waals surface area contributed by atoms with E-state index in [1.54, 1.807) is 31.2 Å². The maximum Gasteiger partial charge on any atom is 0.265 e. The molecular weight excluding hydrogens is 344 g/mol. The Morgan fingerprint density at radius 2 is 2.00 bits per heavy atom. The summed E-state index contributed by atoms with van der Waals surface area (Å²) in [6.45, 7) is 1.77. The van der Waals surface area contributed by atoms with Crippen LogP contribution in [-0.4, -0.2) is 13.4 Å². The maximum atomic E-state index is 12.4. The first-order valence-electron chi connectivity index (χ1n) is 5.64. The Hall–Kier alpha value is -1.64. The molecule has 2 aromatic rings. The molecule has 1 aromatic heterocycles. The van der Waals surface area contributed by atoms with Crippen molar-refractivity contribution < 1.29 is 8.42 Å². The fourth-order valence-electron chi connectivity index (χ4n) is 1.65. The largest absolute Gasteiger partial charge is 0.323 e. The second kappa shape index (κ2) is 5.78. The summed E-state index contributed by atoms with van der Waals surface area (Å²) in [5.74, 6) is 5.60. The van der Waals surface area contributed by atoms with Crippen LogP contribution in [0.3, 0.4) is 0 Å². The molecule has 106 valence electrons. The van der Waals surface area contributed by atoms with Gasteiger partial charge in [-0.05, 0) is 46.6 Å². The monoisotopic (exact) mass is 356 g/mol. The van der Waals surface area contributed by atoms with Gasteiger partial charge in [-0.15, -0.1) is 0 Å². The number of anilines is 2. The first-order valence-corrected chi connectivity index (χ1v) is 7.92. The average molecular weight is 357 g/mol. The molecule has 1 heterocycles. The molecule has 4 N–H and O–H groups in total. The van der Waals surface area contributed by atoms with E-state index in [0.717, 1.165) is 4.47 Å². The Kier molecular flexibility index (Phi) is 4.26. The van der Waals surface area contributed by atoms with E-state index in [-0.39, 0.29) is 10.7 Å². The van der Waals surface area contributed by atoms with Crippen LogP contribution in [0, 0.1) is 6.92 Å². The summed E-state index contributed by atoms with van der Waals surface area (Å²) >= 11 is 3.28. The number of sulfonamides is 1. The van der Waals surface area contributed by atoms with Gasteiger partial charge in [-0.2, -0.15) is 0 Å². The van der Waals surface area contributed by atoms with Gasteiger partial charge in [-0.25, -0.2) is 13.4 Å². The summed E-state index contributed by atoms with van der Waals surface area (Å²) in [5.41, 5.74) is 3.39. The molecule has 0 amide bonds. The zero-order valence-corrected chi connectivity index (χ0v) is 13.0. The molecule has 0 atom stereocenters. The first-order chi connectivity index (χ1) is 9.44. The first kappa shape index (κ1) is 14.8. The molecular formula is C12H13BrN4O2S. The zero-order valence-electron chi connectivity index (χ0n) is 10.6. The molecule has 0 aliphatic heterocycles. The van der Waals surface area contributed by atoms with Crippen molar-refractivity contribution in [1.82, 2.24) is 4.98 Å². The van der Waals surface area contributed by atoms with Gasteiger partial charge in [0.2, 0.25) is 0 Å². The maximum absolute atomic E-state index is 12.4. The van der Waals surface area contributed by atoms with Crippen LogP contribution in [0.2, 0.25) is 0 Å². The van der Waals surface area contributed by atoms with Crippen molar-refractivity contribution in [3.8, 4) is 0 Å². The van der Waals surface area contributed by atoms with E-state index >= 15 is 0 Å². The molecule has 0 bridgehead atoms. The lowest BCUT2D eigenvalue weighted by Crippen LogP contribution is -2.18. The van der Waals surface area contributed by atoms with E-state index in [9.17, 15) is 8.42 Å². The van der Waals surface area contributed by atoms with Crippen molar-refractivity contribution in [2.24, 2.45) is 5.84 Å². The summed E-state index contributed by atoms with van der Waals surface area (Å²) in [6, 6.07) is 8.13. The molecule has 0 unspecified atom stereocenters. The number of aryl methyl sites for hydroxylation is 1. The summed E-state index contributed by atoms with van der Waals surface area (Å²) in [7, 11) is -3.76. The van der Waals surface area contributed by atoms with Crippen LogP contribution in [0.15, 0.2) is 45.9 Å². The third kappa shape index (κ3) is 3.09. The number of hydrogen-bond donors (Lipinski definition) is 3. The summed E-state index contributed by atoms with van der Waals surface area (Å²) in [6.07, 6.45) is 1.53. The zero-order chi connectivity index (χ0) is 14.8. The van der Waals surface area contributed by atoms with Gasteiger partial charge in [0.1, 0.15) is 10.7 Å². The Morgan fingerprint density at radius 3 is 2.65 bits per heavy atom. The van der Waals surface area contributed by atoms with Crippen LogP contribution in [0.5, 0.6) is 0 Å². The van der Waals surface area contributed by atoms with Crippen LogP contribution in [0.25, 0.3) is 0 Å². The number of benzene rings is 1. The second-order valence-corrected chi connectivity index (χ2v) is 6.63.